The standard InChI is InChI=1S/C12H21N5O2S/c13-4-5-17-11(14-15-16-17)20-10-1-6-19-12(9-10)2-7-18-8-3-12/h10H,1-9,13H2. The van der Waals surface area contributed by atoms with Crippen molar-refractivity contribution in [1.29, 1.82) is 0 Å². The van der Waals surface area contributed by atoms with Gasteiger partial charge in [-0.25, -0.2) is 4.68 Å². The number of aromatic nitrogens is 4. The van der Waals surface area contributed by atoms with Crippen LogP contribution in [0, 0.1) is 0 Å². The molecule has 1 unspecified atom stereocenters. The van der Waals surface area contributed by atoms with Crippen LogP contribution < -0.4 is 5.73 Å². The Morgan fingerprint density at radius 3 is 3.00 bits per heavy atom. The molecule has 0 aromatic carbocycles. The molecule has 2 saturated heterocycles. The lowest BCUT2D eigenvalue weighted by Gasteiger charge is -2.42. The summed E-state index contributed by atoms with van der Waals surface area (Å²) in [6.45, 7) is 3.64. The highest BCUT2D eigenvalue weighted by Crippen LogP contribution is 2.40. The third-order valence-corrected chi connectivity index (χ3v) is 5.20. The van der Waals surface area contributed by atoms with Gasteiger partial charge in [-0.1, -0.05) is 11.8 Å². The number of hydrogen-bond acceptors (Lipinski definition) is 7. The van der Waals surface area contributed by atoms with E-state index in [0.717, 1.165) is 50.7 Å². The lowest BCUT2D eigenvalue weighted by molar-refractivity contribution is -0.131. The molecule has 1 aromatic rings. The Labute approximate surface area is 122 Å². The zero-order chi connectivity index (χ0) is 13.8. The van der Waals surface area contributed by atoms with Gasteiger partial charge in [0.15, 0.2) is 0 Å². The van der Waals surface area contributed by atoms with E-state index in [1.807, 2.05) is 0 Å². The first-order chi connectivity index (χ1) is 9.81. The molecule has 1 atom stereocenters. The van der Waals surface area contributed by atoms with Crippen LogP contribution in [0.1, 0.15) is 25.7 Å². The van der Waals surface area contributed by atoms with Crippen molar-refractivity contribution >= 4 is 11.8 Å². The van der Waals surface area contributed by atoms with E-state index in [9.17, 15) is 0 Å². The number of thioether (sulfide) groups is 1. The molecule has 3 rings (SSSR count). The van der Waals surface area contributed by atoms with Gasteiger partial charge in [0.25, 0.3) is 0 Å². The second-order valence-electron chi connectivity index (χ2n) is 5.35. The van der Waals surface area contributed by atoms with Crippen molar-refractivity contribution in [2.24, 2.45) is 5.73 Å². The third kappa shape index (κ3) is 3.13. The minimum absolute atomic E-state index is 0.0142. The number of nitrogens with zero attached hydrogens (tertiary/aromatic N) is 4. The van der Waals surface area contributed by atoms with Gasteiger partial charge in [-0.05, 0) is 36.1 Å². The summed E-state index contributed by atoms with van der Waals surface area (Å²) in [5, 5.41) is 13.2. The largest absolute Gasteiger partial charge is 0.381 e. The number of hydrogen-bond donors (Lipinski definition) is 1. The molecule has 2 fully saturated rings. The number of ether oxygens (including phenoxy) is 2. The molecule has 2 N–H and O–H groups in total. The fourth-order valence-corrected chi connectivity index (χ4v) is 4.10. The second-order valence-corrected chi connectivity index (χ2v) is 6.62. The van der Waals surface area contributed by atoms with Crippen molar-refractivity contribution in [3.63, 3.8) is 0 Å². The Bertz CT molecular complexity index is 430. The zero-order valence-corrected chi connectivity index (χ0v) is 12.3. The molecule has 7 nitrogen and oxygen atoms in total. The Balaban J connectivity index is 1.63. The molecule has 0 aliphatic carbocycles. The summed E-state index contributed by atoms with van der Waals surface area (Å²) in [7, 11) is 0. The molecule has 1 aromatic heterocycles. The molecule has 8 heteroatoms. The molecule has 2 aliphatic heterocycles. The van der Waals surface area contributed by atoms with Crippen LogP contribution in [-0.2, 0) is 16.0 Å². The van der Waals surface area contributed by atoms with E-state index in [-0.39, 0.29) is 5.60 Å². The van der Waals surface area contributed by atoms with Crippen molar-refractivity contribution in [3.8, 4) is 0 Å². The average Bonchev–Trinajstić information content (AvgIpc) is 2.88. The van der Waals surface area contributed by atoms with Crippen molar-refractivity contribution in [1.82, 2.24) is 20.2 Å². The summed E-state index contributed by atoms with van der Waals surface area (Å²) >= 11 is 1.76. The van der Waals surface area contributed by atoms with E-state index in [2.05, 4.69) is 15.5 Å². The Morgan fingerprint density at radius 1 is 1.35 bits per heavy atom. The van der Waals surface area contributed by atoms with Gasteiger partial charge in [0.2, 0.25) is 5.16 Å². The lowest BCUT2D eigenvalue weighted by atomic mass is 9.86. The molecule has 112 valence electrons. The number of tetrazole rings is 1. The summed E-state index contributed by atoms with van der Waals surface area (Å²) in [5.41, 5.74) is 5.59. The summed E-state index contributed by atoms with van der Waals surface area (Å²) < 4.78 is 13.3. The Hall–Kier alpha value is -0.700. The van der Waals surface area contributed by atoms with Gasteiger partial charge in [-0.15, -0.1) is 5.10 Å². The highest BCUT2D eigenvalue weighted by atomic mass is 32.2. The minimum atomic E-state index is 0.0142. The van der Waals surface area contributed by atoms with Gasteiger partial charge in [0, 0.05) is 31.6 Å². The number of rotatable bonds is 4. The van der Waals surface area contributed by atoms with E-state index < -0.39 is 0 Å². The first kappa shape index (κ1) is 14.2. The van der Waals surface area contributed by atoms with Crippen LogP contribution in [0.15, 0.2) is 5.16 Å². The van der Waals surface area contributed by atoms with Crippen molar-refractivity contribution in [2.45, 2.75) is 48.2 Å². The van der Waals surface area contributed by atoms with E-state index in [1.54, 1.807) is 16.4 Å². The molecule has 2 aliphatic rings. The van der Waals surface area contributed by atoms with Crippen LogP contribution in [0.3, 0.4) is 0 Å². The zero-order valence-electron chi connectivity index (χ0n) is 11.5. The molecule has 20 heavy (non-hydrogen) atoms. The fraction of sp³-hybridized carbons (Fsp3) is 0.917. The summed E-state index contributed by atoms with van der Waals surface area (Å²) in [5.74, 6) is 0. The molecule has 0 radical (unpaired) electrons. The van der Waals surface area contributed by atoms with Gasteiger partial charge < -0.3 is 15.2 Å². The second kappa shape index (κ2) is 6.38. The SMILES string of the molecule is NCCn1nnnc1SC1CCOC2(CCOCC2)C1. The summed E-state index contributed by atoms with van der Waals surface area (Å²) in [4.78, 5) is 0. The lowest BCUT2D eigenvalue weighted by Crippen LogP contribution is -2.45. The predicted molar refractivity (Wildman–Crippen MR) is 74.5 cm³/mol. The van der Waals surface area contributed by atoms with E-state index in [1.165, 1.54) is 0 Å². The van der Waals surface area contributed by atoms with Crippen molar-refractivity contribution < 1.29 is 9.47 Å². The normalized spacial score (nSPS) is 25.9. The predicted octanol–water partition coefficient (Wildman–Crippen LogP) is 0.452. The summed E-state index contributed by atoms with van der Waals surface area (Å²) in [6, 6.07) is 0. The van der Waals surface area contributed by atoms with E-state index >= 15 is 0 Å². The maximum atomic E-state index is 6.06. The minimum Gasteiger partial charge on any atom is -0.381 e. The van der Waals surface area contributed by atoms with Crippen LogP contribution in [0.5, 0.6) is 0 Å². The highest BCUT2D eigenvalue weighted by Gasteiger charge is 2.39. The van der Waals surface area contributed by atoms with Crippen LogP contribution in [0.4, 0.5) is 0 Å². The quantitative estimate of drug-likeness (QED) is 0.863. The molecule has 0 amide bonds. The molecule has 1 spiro atoms. The Morgan fingerprint density at radius 2 is 2.20 bits per heavy atom. The topological polar surface area (TPSA) is 88.1 Å². The van der Waals surface area contributed by atoms with Gasteiger partial charge in [-0.2, -0.15) is 0 Å². The van der Waals surface area contributed by atoms with Gasteiger partial charge in [0.05, 0.1) is 12.1 Å². The first-order valence-corrected chi connectivity index (χ1v) is 8.04. The molecular formula is C12H21N5O2S. The fourth-order valence-electron chi connectivity index (χ4n) is 2.87. The van der Waals surface area contributed by atoms with Crippen LogP contribution >= 0.6 is 11.8 Å². The monoisotopic (exact) mass is 299 g/mol. The van der Waals surface area contributed by atoms with Crippen molar-refractivity contribution in [3.05, 3.63) is 0 Å². The van der Waals surface area contributed by atoms with Gasteiger partial charge in [0.1, 0.15) is 0 Å². The molecule has 3 heterocycles. The van der Waals surface area contributed by atoms with Gasteiger partial charge >= 0.3 is 0 Å². The first-order valence-electron chi connectivity index (χ1n) is 7.16. The van der Waals surface area contributed by atoms with Crippen LogP contribution in [0.25, 0.3) is 0 Å². The maximum absolute atomic E-state index is 6.06. The molecular weight excluding hydrogens is 278 g/mol. The van der Waals surface area contributed by atoms with Crippen molar-refractivity contribution in [2.75, 3.05) is 26.4 Å². The summed E-state index contributed by atoms with van der Waals surface area (Å²) in [6.07, 6.45) is 4.09. The molecule has 0 saturated carbocycles. The molecule has 0 bridgehead atoms. The maximum Gasteiger partial charge on any atom is 0.209 e. The Kier molecular flexibility index (Phi) is 4.54. The van der Waals surface area contributed by atoms with E-state index in [4.69, 9.17) is 15.2 Å². The number of nitrogens with two attached hydrogens (primary N) is 1. The van der Waals surface area contributed by atoms with Crippen LogP contribution in [-0.4, -0.2) is 57.4 Å². The highest BCUT2D eigenvalue weighted by molar-refractivity contribution is 7.99. The van der Waals surface area contributed by atoms with Crippen LogP contribution in [0.2, 0.25) is 0 Å². The smallest absolute Gasteiger partial charge is 0.209 e. The third-order valence-electron chi connectivity index (χ3n) is 3.96. The van der Waals surface area contributed by atoms with Gasteiger partial charge in [-0.3, -0.25) is 0 Å². The van der Waals surface area contributed by atoms with E-state index in [0.29, 0.717) is 18.3 Å². The average molecular weight is 299 g/mol.